The van der Waals surface area contributed by atoms with Crippen molar-refractivity contribution in [1.82, 2.24) is 25.1 Å². The van der Waals surface area contributed by atoms with Crippen LogP contribution in [0.2, 0.25) is 0 Å². The van der Waals surface area contributed by atoms with Crippen LogP contribution in [0.1, 0.15) is 31.4 Å². The van der Waals surface area contributed by atoms with Crippen LogP contribution in [0, 0.1) is 0 Å². The SMILES string of the molecule is CC(c1ccc(-n2cncn2)cc1)N(C)C(=O)C1=NNC(=O)CC1. The molecule has 0 saturated carbocycles. The highest BCUT2D eigenvalue weighted by atomic mass is 16.2. The summed E-state index contributed by atoms with van der Waals surface area (Å²) in [5.41, 5.74) is 4.63. The van der Waals surface area contributed by atoms with E-state index in [1.807, 2.05) is 31.2 Å². The second-order valence-electron chi connectivity index (χ2n) is 5.62. The maximum absolute atomic E-state index is 12.5. The molecule has 1 atom stereocenters. The molecular formula is C16H18N6O2. The fourth-order valence-electron chi connectivity index (χ4n) is 2.48. The molecule has 1 aromatic heterocycles. The van der Waals surface area contributed by atoms with Gasteiger partial charge in [0, 0.05) is 19.9 Å². The first kappa shape index (κ1) is 15.9. The van der Waals surface area contributed by atoms with E-state index >= 15 is 0 Å². The highest BCUT2D eigenvalue weighted by Gasteiger charge is 2.25. The van der Waals surface area contributed by atoms with Gasteiger partial charge in [-0.2, -0.15) is 10.2 Å². The highest BCUT2D eigenvalue weighted by Crippen LogP contribution is 2.21. The molecule has 0 bridgehead atoms. The van der Waals surface area contributed by atoms with Gasteiger partial charge in [-0.25, -0.2) is 15.1 Å². The van der Waals surface area contributed by atoms with Gasteiger partial charge in [0.2, 0.25) is 5.91 Å². The monoisotopic (exact) mass is 326 g/mol. The first-order chi connectivity index (χ1) is 11.6. The molecule has 2 amide bonds. The molecule has 2 heterocycles. The summed E-state index contributed by atoms with van der Waals surface area (Å²) in [5.74, 6) is -0.339. The largest absolute Gasteiger partial charge is 0.334 e. The number of nitrogens with one attached hydrogen (secondary N) is 1. The summed E-state index contributed by atoms with van der Waals surface area (Å²) < 4.78 is 1.67. The molecule has 1 unspecified atom stereocenters. The lowest BCUT2D eigenvalue weighted by Crippen LogP contribution is -2.39. The van der Waals surface area contributed by atoms with Crippen LogP contribution in [0.5, 0.6) is 0 Å². The zero-order valence-electron chi connectivity index (χ0n) is 13.5. The molecule has 1 aliphatic rings. The lowest BCUT2D eigenvalue weighted by atomic mass is 10.1. The number of carbonyl (C=O) groups is 2. The Bertz CT molecular complexity index is 766. The van der Waals surface area contributed by atoms with E-state index in [9.17, 15) is 9.59 Å². The van der Waals surface area contributed by atoms with Gasteiger partial charge < -0.3 is 4.90 Å². The maximum Gasteiger partial charge on any atom is 0.270 e. The smallest absolute Gasteiger partial charge is 0.270 e. The van der Waals surface area contributed by atoms with E-state index in [0.29, 0.717) is 18.6 Å². The number of hydrogen-bond donors (Lipinski definition) is 1. The van der Waals surface area contributed by atoms with Crippen molar-refractivity contribution in [3.8, 4) is 5.69 Å². The summed E-state index contributed by atoms with van der Waals surface area (Å²) in [6, 6.07) is 7.64. The van der Waals surface area contributed by atoms with Gasteiger partial charge in [0.15, 0.2) is 0 Å². The first-order valence-electron chi connectivity index (χ1n) is 7.64. The Morgan fingerprint density at radius 2 is 2.04 bits per heavy atom. The zero-order valence-corrected chi connectivity index (χ0v) is 13.5. The Kier molecular flexibility index (Phi) is 4.37. The summed E-state index contributed by atoms with van der Waals surface area (Å²) in [5, 5.41) is 7.95. The second-order valence-corrected chi connectivity index (χ2v) is 5.62. The molecule has 24 heavy (non-hydrogen) atoms. The summed E-state index contributed by atoms with van der Waals surface area (Å²) in [6.45, 7) is 1.95. The van der Waals surface area contributed by atoms with Crippen LogP contribution in [-0.2, 0) is 9.59 Å². The van der Waals surface area contributed by atoms with E-state index in [1.54, 1.807) is 23.0 Å². The number of amides is 2. The normalized spacial score (nSPS) is 15.4. The molecule has 8 nitrogen and oxygen atoms in total. The number of carbonyl (C=O) groups excluding carboxylic acids is 2. The summed E-state index contributed by atoms with van der Waals surface area (Å²) in [7, 11) is 1.73. The van der Waals surface area contributed by atoms with E-state index in [2.05, 4.69) is 20.6 Å². The van der Waals surface area contributed by atoms with Crippen molar-refractivity contribution in [2.75, 3.05) is 7.05 Å². The number of rotatable bonds is 4. The predicted molar refractivity (Wildman–Crippen MR) is 87.4 cm³/mol. The number of hydrogen-bond acceptors (Lipinski definition) is 5. The molecule has 1 aliphatic heterocycles. The van der Waals surface area contributed by atoms with Crippen LogP contribution in [0.15, 0.2) is 42.0 Å². The number of benzene rings is 1. The third kappa shape index (κ3) is 3.17. The molecule has 0 spiro atoms. The quantitative estimate of drug-likeness (QED) is 0.909. The van der Waals surface area contributed by atoms with Gasteiger partial charge in [0.1, 0.15) is 18.4 Å². The van der Waals surface area contributed by atoms with Crippen molar-refractivity contribution in [3.63, 3.8) is 0 Å². The van der Waals surface area contributed by atoms with E-state index in [0.717, 1.165) is 11.3 Å². The highest BCUT2D eigenvalue weighted by molar-refractivity contribution is 6.39. The van der Waals surface area contributed by atoms with Crippen LogP contribution in [0.25, 0.3) is 5.69 Å². The molecule has 124 valence electrons. The molecule has 3 rings (SSSR count). The molecule has 1 N–H and O–H groups in total. The minimum absolute atomic E-state index is 0.123. The second kappa shape index (κ2) is 6.61. The third-order valence-corrected chi connectivity index (χ3v) is 4.11. The van der Waals surface area contributed by atoms with Gasteiger partial charge in [-0.1, -0.05) is 12.1 Å². The van der Waals surface area contributed by atoms with Crippen molar-refractivity contribution in [3.05, 3.63) is 42.5 Å². The minimum Gasteiger partial charge on any atom is -0.334 e. The molecule has 0 aliphatic carbocycles. The van der Waals surface area contributed by atoms with Gasteiger partial charge in [0.25, 0.3) is 5.91 Å². The van der Waals surface area contributed by atoms with Crippen LogP contribution < -0.4 is 5.43 Å². The van der Waals surface area contributed by atoms with E-state index in [4.69, 9.17) is 0 Å². The van der Waals surface area contributed by atoms with Gasteiger partial charge in [0.05, 0.1) is 11.7 Å². The van der Waals surface area contributed by atoms with E-state index < -0.39 is 0 Å². The Balaban J connectivity index is 1.72. The minimum atomic E-state index is -0.178. The average molecular weight is 326 g/mol. The van der Waals surface area contributed by atoms with Crippen LogP contribution in [0.3, 0.4) is 0 Å². The van der Waals surface area contributed by atoms with E-state index in [-0.39, 0.29) is 17.9 Å². The van der Waals surface area contributed by atoms with Crippen molar-refractivity contribution in [2.24, 2.45) is 5.10 Å². The fourth-order valence-corrected chi connectivity index (χ4v) is 2.48. The van der Waals surface area contributed by atoms with Crippen molar-refractivity contribution in [2.45, 2.75) is 25.8 Å². The van der Waals surface area contributed by atoms with Gasteiger partial charge in [-0.15, -0.1) is 0 Å². The van der Waals surface area contributed by atoms with E-state index in [1.165, 1.54) is 6.33 Å². The number of nitrogens with zero attached hydrogens (tertiary/aromatic N) is 5. The van der Waals surface area contributed by atoms with Gasteiger partial charge in [-0.3, -0.25) is 9.59 Å². The van der Waals surface area contributed by atoms with Crippen LogP contribution >= 0.6 is 0 Å². The zero-order chi connectivity index (χ0) is 17.1. The lowest BCUT2D eigenvalue weighted by molar-refractivity contribution is -0.125. The fraction of sp³-hybridized carbons (Fsp3) is 0.312. The standard InChI is InChI=1S/C16H18N6O2/c1-11(21(2)16(24)14-7-8-15(23)20-19-14)12-3-5-13(6-4-12)22-10-17-9-18-22/h3-6,9-11H,7-8H2,1-2H3,(H,20,23). The molecule has 0 fully saturated rings. The van der Waals surface area contributed by atoms with Crippen LogP contribution in [0.4, 0.5) is 0 Å². The maximum atomic E-state index is 12.5. The molecule has 0 saturated heterocycles. The first-order valence-corrected chi connectivity index (χ1v) is 7.64. The Hall–Kier alpha value is -3.03. The summed E-state index contributed by atoms with van der Waals surface area (Å²) >= 11 is 0. The Morgan fingerprint density at radius 1 is 1.29 bits per heavy atom. The number of aromatic nitrogens is 3. The predicted octanol–water partition coefficient (Wildman–Crippen LogP) is 1.05. The molecule has 2 aromatic rings. The van der Waals surface area contributed by atoms with Gasteiger partial charge >= 0.3 is 0 Å². The van der Waals surface area contributed by atoms with Crippen molar-refractivity contribution >= 4 is 17.5 Å². The Labute approximate surface area is 139 Å². The van der Waals surface area contributed by atoms with Crippen molar-refractivity contribution in [1.29, 1.82) is 0 Å². The molecule has 0 radical (unpaired) electrons. The van der Waals surface area contributed by atoms with Crippen LogP contribution in [-0.4, -0.2) is 44.2 Å². The average Bonchev–Trinajstić information content (AvgIpc) is 3.15. The summed E-state index contributed by atoms with van der Waals surface area (Å²) in [4.78, 5) is 29.2. The number of hydrazone groups is 1. The topological polar surface area (TPSA) is 92.5 Å². The summed E-state index contributed by atoms with van der Waals surface area (Å²) in [6.07, 6.45) is 3.77. The lowest BCUT2D eigenvalue weighted by Gasteiger charge is -2.26. The molecule has 1 aromatic carbocycles. The molecule has 8 heteroatoms. The van der Waals surface area contributed by atoms with Crippen molar-refractivity contribution < 1.29 is 9.59 Å². The third-order valence-electron chi connectivity index (χ3n) is 4.11. The Morgan fingerprint density at radius 3 is 2.62 bits per heavy atom. The molecular weight excluding hydrogens is 308 g/mol. The van der Waals surface area contributed by atoms with Gasteiger partial charge in [-0.05, 0) is 24.6 Å².